The van der Waals surface area contributed by atoms with Crippen LogP contribution in [-0.2, 0) is 12.8 Å². The Hall–Kier alpha value is -2.76. The van der Waals surface area contributed by atoms with Gasteiger partial charge in [0.2, 0.25) is 0 Å². The van der Waals surface area contributed by atoms with Gasteiger partial charge in [-0.15, -0.1) is 0 Å². The molecule has 0 fully saturated rings. The Labute approximate surface area is 171 Å². The van der Waals surface area contributed by atoms with Gasteiger partial charge in [0, 0.05) is 11.1 Å². The minimum absolute atomic E-state index is 0.0883. The van der Waals surface area contributed by atoms with Gasteiger partial charge >= 0.3 is 6.18 Å². The Bertz CT molecular complexity index is 996. The molecule has 0 unspecified atom stereocenters. The van der Waals surface area contributed by atoms with Gasteiger partial charge in [-0.05, 0) is 53.3 Å². The average Bonchev–Trinajstić information content (AvgIpc) is 2.68. The fourth-order valence-electron chi connectivity index (χ4n) is 3.30. The molecule has 3 rings (SSSR count). The number of hydrogen-bond donors (Lipinski definition) is 0. The first-order valence-corrected chi connectivity index (χ1v) is 9.62. The SMILES string of the molecule is CCCCc1ccc(-c2ccc(-c3cc(F)c(CC(F)(F)F)c(F)c3)c(F)c2)cc1. The number of halogens is 6. The molecule has 0 heterocycles. The summed E-state index contributed by atoms with van der Waals surface area (Å²) in [6, 6.07) is 13.4. The number of hydrogen-bond acceptors (Lipinski definition) is 0. The Balaban J connectivity index is 1.88. The summed E-state index contributed by atoms with van der Waals surface area (Å²) in [6.07, 6.45) is -3.33. The summed E-state index contributed by atoms with van der Waals surface area (Å²) in [5.41, 5.74) is 1.24. The molecule has 158 valence electrons. The van der Waals surface area contributed by atoms with Crippen LogP contribution in [0.4, 0.5) is 26.3 Å². The molecule has 0 aliphatic carbocycles. The van der Waals surface area contributed by atoms with E-state index in [9.17, 15) is 26.3 Å². The highest BCUT2D eigenvalue weighted by molar-refractivity contribution is 5.71. The average molecular weight is 422 g/mol. The lowest BCUT2D eigenvalue weighted by Gasteiger charge is -2.12. The molecule has 0 atom stereocenters. The van der Waals surface area contributed by atoms with E-state index in [1.54, 1.807) is 6.07 Å². The van der Waals surface area contributed by atoms with Crippen molar-refractivity contribution in [3.63, 3.8) is 0 Å². The minimum atomic E-state index is -4.75. The van der Waals surface area contributed by atoms with Crippen molar-refractivity contribution in [1.29, 1.82) is 0 Å². The smallest absolute Gasteiger partial charge is 0.207 e. The van der Waals surface area contributed by atoms with Crippen molar-refractivity contribution >= 4 is 0 Å². The molecular formula is C24H20F6. The van der Waals surface area contributed by atoms with Crippen LogP contribution >= 0.6 is 0 Å². The van der Waals surface area contributed by atoms with Gasteiger partial charge in [0.25, 0.3) is 0 Å². The van der Waals surface area contributed by atoms with E-state index in [2.05, 4.69) is 6.92 Å². The van der Waals surface area contributed by atoms with Crippen LogP contribution in [0.15, 0.2) is 54.6 Å². The Morgan fingerprint density at radius 3 is 1.80 bits per heavy atom. The molecule has 3 aromatic carbocycles. The molecule has 0 saturated carbocycles. The third-order valence-electron chi connectivity index (χ3n) is 4.90. The molecule has 0 aliphatic heterocycles. The Morgan fingerprint density at radius 1 is 0.700 bits per heavy atom. The fourth-order valence-corrected chi connectivity index (χ4v) is 3.30. The van der Waals surface area contributed by atoms with Crippen LogP contribution in [-0.4, -0.2) is 6.18 Å². The molecule has 0 amide bonds. The van der Waals surface area contributed by atoms with E-state index in [-0.39, 0.29) is 11.1 Å². The highest BCUT2D eigenvalue weighted by Crippen LogP contribution is 2.32. The van der Waals surface area contributed by atoms with Crippen LogP contribution in [0.3, 0.4) is 0 Å². The highest BCUT2D eigenvalue weighted by atomic mass is 19.4. The largest absolute Gasteiger partial charge is 0.393 e. The lowest BCUT2D eigenvalue weighted by molar-refractivity contribution is -0.128. The quantitative estimate of drug-likeness (QED) is 0.354. The Kier molecular flexibility index (Phi) is 6.54. The molecule has 3 aromatic rings. The molecule has 0 aliphatic rings. The molecule has 0 aromatic heterocycles. The zero-order chi connectivity index (χ0) is 21.9. The van der Waals surface area contributed by atoms with Crippen molar-refractivity contribution in [2.45, 2.75) is 38.8 Å². The summed E-state index contributed by atoms with van der Waals surface area (Å²) in [5, 5.41) is 0. The van der Waals surface area contributed by atoms with E-state index in [0.29, 0.717) is 5.56 Å². The number of alkyl halides is 3. The van der Waals surface area contributed by atoms with Crippen molar-refractivity contribution in [2.75, 3.05) is 0 Å². The second-order valence-electron chi connectivity index (χ2n) is 7.21. The molecule has 6 heteroatoms. The molecule has 30 heavy (non-hydrogen) atoms. The summed E-state index contributed by atoms with van der Waals surface area (Å²) in [4.78, 5) is 0. The van der Waals surface area contributed by atoms with E-state index in [0.717, 1.165) is 37.0 Å². The number of benzene rings is 3. The lowest BCUT2D eigenvalue weighted by Crippen LogP contribution is -2.14. The van der Waals surface area contributed by atoms with Crippen molar-refractivity contribution < 1.29 is 26.3 Å². The topological polar surface area (TPSA) is 0 Å². The van der Waals surface area contributed by atoms with Gasteiger partial charge < -0.3 is 0 Å². The second kappa shape index (κ2) is 8.94. The Morgan fingerprint density at radius 2 is 1.27 bits per heavy atom. The lowest BCUT2D eigenvalue weighted by atomic mass is 9.97. The summed E-state index contributed by atoms with van der Waals surface area (Å²) in [6.45, 7) is 2.11. The first-order chi connectivity index (χ1) is 14.2. The maximum Gasteiger partial charge on any atom is 0.393 e. The predicted molar refractivity (Wildman–Crippen MR) is 106 cm³/mol. The fraction of sp³-hybridized carbons (Fsp3) is 0.250. The normalized spacial score (nSPS) is 11.7. The molecule has 0 nitrogen and oxygen atoms in total. The van der Waals surface area contributed by atoms with Gasteiger partial charge in [0.1, 0.15) is 17.5 Å². The molecule has 0 bridgehead atoms. The predicted octanol–water partition coefficient (Wildman–Crippen LogP) is 7.89. The third kappa shape index (κ3) is 5.23. The van der Waals surface area contributed by atoms with Crippen LogP contribution in [0.5, 0.6) is 0 Å². The van der Waals surface area contributed by atoms with Crippen molar-refractivity contribution in [2.24, 2.45) is 0 Å². The van der Waals surface area contributed by atoms with Gasteiger partial charge in [-0.2, -0.15) is 13.2 Å². The van der Waals surface area contributed by atoms with E-state index in [4.69, 9.17) is 0 Å². The number of rotatable bonds is 6. The standard InChI is InChI=1S/C24H20F6/c1-2-3-4-15-5-7-16(8-6-15)17-9-10-19(21(25)11-17)18-12-22(26)20(23(27)13-18)14-24(28,29)30/h5-13H,2-4,14H2,1H3. The summed E-state index contributed by atoms with van der Waals surface area (Å²) >= 11 is 0. The molecule has 0 radical (unpaired) electrons. The van der Waals surface area contributed by atoms with E-state index in [1.807, 2.05) is 24.3 Å². The highest BCUT2D eigenvalue weighted by Gasteiger charge is 2.31. The van der Waals surface area contributed by atoms with E-state index >= 15 is 0 Å². The van der Waals surface area contributed by atoms with Crippen LogP contribution in [0.2, 0.25) is 0 Å². The summed E-state index contributed by atoms with van der Waals surface area (Å²) in [5.74, 6) is -3.42. The monoisotopic (exact) mass is 422 g/mol. The zero-order valence-electron chi connectivity index (χ0n) is 16.3. The summed E-state index contributed by atoms with van der Waals surface area (Å²) in [7, 11) is 0. The maximum absolute atomic E-state index is 14.7. The van der Waals surface area contributed by atoms with Gasteiger partial charge in [-0.3, -0.25) is 0 Å². The van der Waals surface area contributed by atoms with Crippen LogP contribution < -0.4 is 0 Å². The molecule has 0 N–H and O–H groups in total. The van der Waals surface area contributed by atoms with Crippen molar-refractivity contribution in [1.82, 2.24) is 0 Å². The minimum Gasteiger partial charge on any atom is -0.207 e. The van der Waals surface area contributed by atoms with Gasteiger partial charge in [0.05, 0.1) is 6.42 Å². The van der Waals surface area contributed by atoms with Crippen LogP contribution in [0.25, 0.3) is 22.3 Å². The molecule has 0 saturated heterocycles. The third-order valence-corrected chi connectivity index (χ3v) is 4.90. The van der Waals surface area contributed by atoms with Crippen LogP contribution in [0.1, 0.15) is 30.9 Å². The summed E-state index contributed by atoms with van der Waals surface area (Å²) < 4.78 is 80.3. The molecule has 0 spiro atoms. The second-order valence-corrected chi connectivity index (χ2v) is 7.21. The first kappa shape index (κ1) is 21.9. The number of unbranched alkanes of at least 4 members (excludes halogenated alkanes) is 1. The van der Waals surface area contributed by atoms with Crippen molar-refractivity contribution in [3.8, 4) is 22.3 Å². The van der Waals surface area contributed by atoms with Gasteiger partial charge in [-0.1, -0.05) is 49.7 Å². The first-order valence-electron chi connectivity index (χ1n) is 9.62. The number of aryl methyl sites for hydroxylation is 1. The van der Waals surface area contributed by atoms with Gasteiger partial charge in [-0.25, -0.2) is 13.2 Å². The van der Waals surface area contributed by atoms with E-state index < -0.39 is 35.6 Å². The maximum atomic E-state index is 14.7. The van der Waals surface area contributed by atoms with Gasteiger partial charge in [0.15, 0.2) is 0 Å². The van der Waals surface area contributed by atoms with Crippen molar-refractivity contribution in [3.05, 3.63) is 83.2 Å². The van der Waals surface area contributed by atoms with Crippen LogP contribution in [0, 0.1) is 17.5 Å². The van der Waals surface area contributed by atoms with E-state index in [1.165, 1.54) is 17.7 Å². The molecular weight excluding hydrogens is 402 g/mol. The zero-order valence-corrected chi connectivity index (χ0v) is 16.3.